The number of hydrogen-bond donors (Lipinski definition) is 2. The minimum absolute atomic E-state index is 0.122. The van der Waals surface area contributed by atoms with E-state index in [4.69, 9.17) is 23.2 Å². The molecule has 0 heterocycles. The highest BCUT2D eigenvalue weighted by atomic mass is 35.5. The quantitative estimate of drug-likeness (QED) is 0.575. The normalized spacial score (nSPS) is 10.5. The number of aryl methyl sites for hydroxylation is 1. The zero-order valence-corrected chi connectivity index (χ0v) is 16.8. The summed E-state index contributed by atoms with van der Waals surface area (Å²) in [6.07, 6.45) is 1.56. The van der Waals surface area contributed by atoms with Crippen molar-refractivity contribution in [3.05, 3.63) is 63.9 Å². The van der Waals surface area contributed by atoms with Crippen LogP contribution in [0.15, 0.2) is 42.5 Å². The number of halogens is 3. The van der Waals surface area contributed by atoms with Crippen LogP contribution in [0, 0.1) is 5.82 Å². The van der Waals surface area contributed by atoms with Gasteiger partial charge in [0.25, 0.3) is 0 Å². The lowest BCUT2D eigenvalue weighted by molar-refractivity contribution is -0.118. The first kappa shape index (κ1) is 21.5. The van der Waals surface area contributed by atoms with Crippen molar-refractivity contribution in [2.24, 2.45) is 0 Å². The summed E-state index contributed by atoms with van der Waals surface area (Å²) in [5, 5.41) is 6.50. The van der Waals surface area contributed by atoms with E-state index in [1.807, 2.05) is 12.1 Å². The molecule has 0 saturated carbocycles. The summed E-state index contributed by atoms with van der Waals surface area (Å²) < 4.78 is 12.8. The molecule has 0 fully saturated rings. The van der Waals surface area contributed by atoms with Gasteiger partial charge in [-0.3, -0.25) is 9.59 Å². The van der Waals surface area contributed by atoms with E-state index in [1.165, 1.54) is 36.0 Å². The molecule has 0 atom stereocenters. The van der Waals surface area contributed by atoms with Gasteiger partial charge in [-0.2, -0.15) is 0 Å². The van der Waals surface area contributed by atoms with Gasteiger partial charge in [0, 0.05) is 12.2 Å². The highest BCUT2D eigenvalue weighted by molar-refractivity contribution is 8.00. The van der Waals surface area contributed by atoms with Crippen LogP contribution in [0.25, 0.3) is 0 Å². The Kier molecular flexibility index (Phi) is 8.91. The molecule has 0 bridgehead atoms. The molecule has 2 aromatic rings. The number of amides is 2. The largest absolute Gasteiger partial charge is 0.355 e. The van der Waals surface area contributed by atoms with E-state index in [0.29, 0.717) is 22.3 Å². The number of nitrogens with one attached hydrogen (secondary N) is 2. The molecule has 2 rings (SSSR count). The molecule has 0 aromatic heterocycles. The van der Waals surface area contributed by atoms with Crippen LogP contribution in [0.1, 0.15) is 12.0 Å². The van der Waals surface area contributed by atoms with E-state index in [1.54, 1.807) is 6.07 Å². The molecule has 2 N–H and O–H groups in total. The van der Waals surface area contributed by atoms with E-state index >= 15 is 0 Å². The number of anilines is 1. The summed E-state index contributed by atoms with van der Waals surface area (Å²) in [5.74, 6) is -0.376. The molecular formula is C19H19Cl2FN2O2S. The number of rotatable bonds is 9. The van der Waals surface area contributed by atoms with E-state index in [0.717, 1.165) is 18.4 Å². The summed E-state index contributed by atoms with van der Waals surface area (Å²) in [5.41, 5.74) is 1.58. The standard InChI is InChI=1S/C19H19Cl2FN2O2S/c20-16-8-3-13(10-17(16)21)2-1-9-23-18(25)11-27-12-19(26)24-15-6-4-14(22)5-7-15/h3-8,10H,1-2,9,11-12H2,(H,23,25)(H,24,26). The summed E-state index contributed by atoms with van der Waals surface area (Å²) in [6, 6.07) is 11.0. The van der Waals surface area contributed by atoms with Crippen molar-refractivity contribution in [2.75, 3.05) is 23.4 Å². The minimum Gasteiger partial charge on any atom is -0.355 e. The Labute approximate surface area is 171 Å². The summed E-state index contributed by atoms with van der Waals surface area (Å²) in [7, 11) is 0. The second kappa shape index (κ2) is 11.2. The first-order chi connectivity index (χ1) is 12.9. The molecule has 0 aliphatic carbocycles. The monoisotopic (exact) mass is 428 g/mol. The Balaban J connectivity index is 1.57. The summed E-state index contributed by atoms with van der Waals surface area (Å²) in [6.45, 7) is 0.543. The maximum absolute atomic E-state index is 12.8. The molecule has 8 heteroatoms. The highest BCUT2D eigenvalue weighted by Gasteiger charge is 2.06. The highest BCUT2D eigenvalue weighted by Crippen LogP contribution is 2.23. The average molecular weight is 429 g/mol. The molecule has 0 spiro atoms. The van der Waals surface area contributed by atoms with Crippen LogP contribution in [-0.4, -0.2) is 29.9 Å². The molecule has 0 aliphatic heterocycles. The molecule has 144 valence electrons. The molecule has 2 aromatic carbocycles. The number of benzene rings is 2. The van der Waals surface area contributed by atoms with Crippen molar-refractivity contribution < 1.29 is 14.0 Å². The second-order valence-electron chi connectivity index (χ2n) is 5.75. The van der Waals surface area contributed by atoms with E-state index in [-0.39, 0.29) is 29.1 Å². The van der Waals surface area contributed by atoms with E-state index in [9.17, 15) is 14.0 Å². The lowest BCUT2D eigenvalue weighted by Gasteiger charge is -2.07. The van der Waals surface area contributed by atoms with Crippen LogP contribution in [-0.2, 0) is 16.0 Å². The summed E-state index contributed by atoms with van der Waals surface area (Å²) in [4.78, 5) is 23.6. The van der Waals surface area contributed by atoms with E-state index < -0.39 is 0 Å². The van der Waals surface area contributed by atoms with Crippen molar-refractivity contribution >= 4 is 52.5 Å². The first-order valence-corrected chi connectivity index (χ1v) is 10.2. The topological polar surface area (TPSA) is 58.2 Å². The van der Waals surface area contributed by atoms with Gasteiger partial charge in [-0.05, 0) is 54.8 Å². The molecule has 27 heavy (non-hydrogen) atoms. The maximum atomic E-state index is 12.8. The molecule has 4 nitrogen and oxygen atoms in total. The predicted octanol–water partition coefficient (Wildman–Crippen LogP) is 4.55. The van der Waals surface area contributed by atoms with Crippen molar-refractivity contribution in [3.63, 3.8) is 0 Å². The third kappa shape index (κ3) is 8.20. The number of hydrogen-bond acceptors (Lipinski definition) is 3. The smallest absolute Gasteiger partial charge is 0.234 e. The number of carbonyl (C=O) groups is 2. The maximum Gasteiger partial charge on any atom is 0.234 e. The molecule has 0 saturated heterocycles. The fraction of sp³-hybridized carbons (Fsp3) is 0.263. The van der Waals surface area contributed by atoms with Crippen molar-refractivity contribution in [2.45, 2.75) is 12.8 Å². The minimum atomic E-state index is -0.363. The van der Waals surface area contributed by atoms with Crippen LogP contribution in [0.3, 0.4) is 0 Å². The van der Waals surface area contributed by atoms with Crippen LogP contribution in [0.5, 0.6) is 0 Å². The van der Waals surface area contributed by atoms with Gasteiger partial charge in [-0.15, -0.1) is 11.8 Å². The fourth-order valence-corrected chi connectivity index (χ4v) is 3.20. The average Bonchev–Trinajstić information content (AvgIpc) is 2.63. The van der Waals surface area contributed by atoms with E-state index in [2.05, 4.69) is 10.6 Å². The Bertz CT molecular complexity index is 788. The zero-order chi connectivity index (χ0) is 19.6. The Morgan fingerprint density at radius 2 is 1.67 bits per heavy atom. The fourth-order valence-electron chi connectivity index (χ4n) is 2.23. The van der Waals surface area contributed by atoms with Gasteiger partial charge in [0.1, 0.15) is 5.82 Å². The van der Waals surface area contributed by atoms with Crippen LogP contribution in [0.4, 0.5) is 10.1 Å². The zero-order valence-electron chi connectivity index (χ0n) is 14.4. The van der Waals surface area contributed by atoms with Gasteiger partial charge in [0.15, 0.2) is 0 Å². The van der Waals surface area contributed by atoms with Gasteiger partial charge in [-0.1, -0.05) is 29.3 Å². The van der Waals surface area contributed by atoms with Gasteiger partial charge < -0.3 is 10.6 Å². The molecule has 0 unspecified atom stereocenters. The van der Waals surface area contributed by atoms with Gasteiger partial charge >= 0.3 is 0 Å². The van der Waals surface area contributed by atoms with Gasteiger partial charge in [0.05, 0.1) is 21.6 Å². The third-order valence-corrected chi connectivity index (χ3v) is 5.21. The van der Waals surface area contributed by atoms with Crippen molar-refractivity contribution in [1.82, 2.24) is 5.32 Å². The molecule has 2 amide bonds. The Morgan fingerprint density at radius 3 is 2.37 bits per heavy atom. The van der Waals surface area contributed by atoms with Gasteiger partial charge in [0.2, 0.25) is 11.8 Å². The van der Waals surface area contributed by atoms with Crippen LogP contribution in [0.2, 0.25) is 10.0 Å². The Hall–Kier alpha value is -1.76. The molecule has 0 aliphatic rings. The molecular weight excluding hydrogens is 410 g/mol. The molecule has 0 radical (unpaired) electrons. The van der Waals surface area contributed by atoms with Crippen molar-refractivity contribution in [3.8, 4) is 0 Å². The number of carbonyl (C=O) groups excluding carboxylic acids is 2. The lowest BCUT2D eigenvalue weighted by atomic mass is 10.1. The number of thioether (sulfide) groups is 1. The lowest BCUT2D eigenvalue weighted by Crippen LogP contribution is -2.27. The van der Waals surface area contributed by atoms with Gasteiger partial charge in [-0.25, -0.2) is 4.39 Å². The SMILES string of the molecule is O=C(CSCC(=O)Nc1ccc(F)cc1)NCCCc1ccc(Cl)c(Cl)c1. The second-order valence-corrected chi connectivity index (χ2v) is 7.55. The predicted molar refractivity (Wildman–Crippen MR) is 110 cm³/mol. The summed E-state index contributed by atoms with van der Waals surface area (Å²) >= 11 is 13.1. The van der Waals surface area contributed by atoms with Crippen LogP contribution >= 0.6 is 35.0 Å². The Morgan fingerprint density at radius 1 is 0.963 bits per heavy atom. The van der Waals surface area contributed by atoms with Crippen LogP contribution < -0.4 is 10.6 Å². The first-order valence-electron chi connectivity index (χ1n) is 8.28. The third-order valence-electron chi connectivity index (χ3n) is 3.54. The van der Waals surface area contributed by atoms with Crippen molar-refractivity contribution in [1.29, 1.82) is 0 Å².